The Kier molecular flexibility index (Phi) is 3.95. The van der Waals surface area contributed by atoms with E-state index in [-0.39, 0.29) is 0 Å². The van der Waals surface area contributed by atoms with Crippen LogP contribution in [0.3, 0.4) is 0 Å². The van der Waals surface area contributed by atoms with Crippen molar-refractivity contribution in [3.8, 4) is 22.8 Å². The molecule has 0 fully saturated rings. The fraction of sp³-hybridized carbons (Fsp3) is 0.0870. The molecule has 0 saturated carbocycles. The van der Waals surface area contributed by atoms with Crippen LogP contribution in [0.2, 0.25) is 0 Å². The van der Waals surface area contributed by atoms with Gasteiger partial charge in [0.2, 0.25) is 5.88 Å². The van der Waals surface area contributed by atoms with Gasteiger partial charge in [-0.05, 0) is 42.7 Å². The number of rotatable bonds is 3. The topological polar surface area (TPSA) is 22.1 Å². The van der Waals surface area contributed by atoms with Gasteiger partial charge in [-0.25, -0.2) is 4.98 Å². The van der Waals surface area contributed by atoms with E-state index < -0.39 is 0 Å². The van der Waals surface area contributed by atoms with Crippen molar-refractivity contribution in [2.24, 2.45) is 0 Å². The van der Waals surface area contributed by atoms with Gasteiger partial charge in [-0.15, -0.1) is 0 Å². The number of hydrogen-bond acceptors (Lipinski definition) is 2. The summed E-state index contributed by atoms with van der Waals surface area (Å²) in [6.45, 7) is 4.12. The maximum atomic E-state index is 6.32. The van der Waals surface area contributed by atoms with Gasteiger partial charge in [0.25, 0.3) is 0 Å². The van der Waals surface area contributed by atoms with Gasteiger partial charge >= 0.3 is 0 Å². The lowest BCUT2D eigenvalue weighted by Gasteiger charge is -2.15. The highest BCUT2D eigenvalue weighted by Gasteiger charge is 2.13. The summed E-state index contributed by atoms with van der Waals surface area (Å²) in [5, 5.41) is 1.11. The first-order valence-corrected chi connectivity index (χ1v) is 8.41. The van der Waals surface area contributed by atoms with Gasteiger partial charge in [0.1, 0.15) is 5.75 Å². The summed E-state index contributed by atoms with van der Waals surface area (Å²) in [4.78, 5) is 4.81. The average molecular weight is 325 g/mol. The van der Waals surface area contributed by atoms with Crippen LogP contribution < -0.4 is 4.74 Å². The third-order valence-electron chi connectivity index (χ3n) is 4.38. The molecule has 0 N–H and O–H groups in total. The van der Waals surface area contributed by atoms with Crippen LogP contribution in [0.4, 0.5) is 0 Å². The lowest BCUT2D eigenvalue weighted by atomic mass is 10.0. The molecule has 0 bridgehead atoms. The van der Waals surface area contributed by atoms with Crippen molar-refractivity contribution in [3.05, 3.63) is 90.0 Å². The molecule has 0 radical (unpaired) electrons. The highest BCUT2D eigenvalue weighted by molar-refractivity contribution is 5.86. The molecule has 4 rings (SSSR count). The second kappa shape index (κ2) is 6.40. The Morgan fingerprint density at radius 1 is 0.720 bits per heavy atom. The van der Waals surface area contributed by atoms with Gasteiger partial charge in [-0.1, -0.05) is 66.7 Å². The molecule has 1 aromatic heterocycles. The second-order valence-electron chi connectivity index (χ2n) is 6.22. The minimum absolute atomic E-state index is 0.641. The Balaban J connectivity index is 1.92. The number of hydrogen-bond donors (Lipinski definition) is 0. The number of benzene rings is 3. The first-order valence-electron chi connectivity index (χ1n) is 8.41. The van der Waals surface area contributed by atoms with Crippen LogP contribution >= 0.6 is 0 Å². The van der Waals surface area contributed by atoms with E-state index >= 15 is 0 Å². The highest BCUT2D eigenvalue weighted by Crippen LogP contribution is 2.36. The predicted octanol–water partition coefficient (Wildman–Crippen LogP) is 6.31. The normalized spacial score (nSPS) is 10.8. The lowest BCUT2D eigenvalue weighted by Crippen LogP contribution is -1.96. The summed E-state index contributed by atoms with van der Waals surface area (Å²) < 4.78 is 6.32. The van der Waals surface area contributed by atoms with Crippen LogP contribution in [0, 0.1) is 13.8 Å². The van der Waals surface area contributed by atoms with E-state index in [4.69, 9.17) is 9.72 Å². The molecule has 25 heavy (non-hydrogen) atoms. The van der Waals surface area contributed by atoms with Crippen molar-refractivity contribution in [3.63, 3.8) is 0 Å². The minimum atomic E-state index is 0.641. The fourth-order valence-electron chi connectivity index (χ4n) is 3.06. The minimum Gasteiger partial charge on any atom is -0.438 e. The molecule has 0 spiro atoms. The van der Waals surface area contributed by atoms with Crippen molar-refractivity contribution in [1.29, 1.82) is 0 Å². The van der Waals surface area contributed by atoms with Gasteiger partial charge < -0.3 is 4.74 Å². The van der Waals surface area contributed by atoms with Crippen molar-refractivity contribution in [2.45, 2.75) is 13.8 Å². The fourth-order valence-corrected chi connectivity index (χ4v) is 3.06. The molecular weight excluding hydrogens is 306 g/mol. The Morgan fingerprint density at radius 2 is 1.40 bits per heavy atom. The van der Waals surface area contributed by atoms with Crippen LogP contribution in [0.25, 0.3) is 22.0 Å². The number of aryl methyl sites for hydroxylation is 2. The summed E-state index contributed by atoms with van der Waals surface area (Å²) in [6.07, 6.45) is 0. The van der Waals surface area contributed by atoms with Crippen LogP contribution in [0.5, 0.6) is 11.6 Å². The summed E-state index contributed by atoms with van der Waals surface area (Å²) in [5.41, 5.74) is 5.25. The quantitative estimate of drug-likeness (QED) is 0.440. The van der Waals surface area contributed by atoms with Gasteiger partial charge in [0, 0.05) is 10.9 Å². The number of fused-ring (bicyclic) bond motifs is 1. The van der Waals surface area contributed by atoms with Gasteiger partial charge in [0.15, 0.2) is 0 Å². The molecule has 3 aromatic carbocycles. The molecule has 0 aliphatic carbocycles. The van der Waals surface area contributed by atoms with Crippen molar-refractivity contribution < 1.29 is 4.74 Å². The van der Waals surface area contributed by atoms with Crippen molar-refractivity contribution in [2.75, 3.05) is 0 Å². The van der Waals surface area contributed by atoms with Crippen LogP contribution in [-0.4, -0.2) is 4.98 Å². The predicted molar refractivity (Wildman–Crippen MR) is 103 cm³/mol. The molecule has 2 heteroatoms. The zero-order chi connectivity index (χ0) is 17.2. The van der Waals surface area contributed by atoms with Crippen LogP contribution in [0.1, 0.15) is 11.1 Å². The molecule has 0 saturated heterocycles. The Morgan fingerprint density at radius 3 is 2.16 bits per heavy atom. The van der Waals surface area contributed by atoms with E-state index in [1.807, 2.05) is 42.5 Å². The first-order chi connectivity index (χ1) is 12.2. The van der Waals surface area contributed by atoms with Crippen molar-refractivity contribution in [1.82, 2.24) is 4.98 Å². The standard InChI is InChI=1S/C23H19NO/c1-16-9-8-10-17(2)22(16)25-23-20(18-11-4-3-5-12-18)15-19-13-6-7-14-21(19)24-23/h3-15H,1-2H3. The van der Waals surface area contributed by atoms with Gasteiger partial charge in [0.05, 0.1) is 5.52 Å². The molecule has 0 unspecified atom stereocenters. The molecule has 0 aliphatic heterocycles. The monoisotopic (exact) mass is 325 g/mol. The average Bonchev–Trinajstić information content (AvgIpc) is 2.65. The maximum Gasteiger partial charge on any atom is 0.227 e. The summed E-state index contributed by atoms with van der Waals surface area (Å²) >= 11 is 0. The van der Waals surface area contributed by atoms with Gasteiger partial charge in [-0.3, -0.25) is 0 Å². The van der Waals surface area contributed by atoms with E-state index in [0.29, 0.717) is 5.88 Å². The summed E-state index contributed by atoms with van der Waals surface area (Å²) in [5.74, 6) is 1.52. The van der Waals surface area contributed by atoms with Gasteiger partial charge in [-0.2, -0.15) is 0 Å². The Hall–Kier alpha value is -3.13. The molecule has 4 aromatic rings. The SMILES string of the molecule is Cc1cccc(C)c1Oc1nc2ccccc2cc1-c1ccccc1. The molecule has 0 aliphatic rings. The maximum absolute atomic E-state index is 6.32. The molecule has 0 atom stereocenters. The molecule has 0 amide bonds. The van der Waals surface area contributed by atoms with E-state index in [2.05, 4.69) is 50.2 Å². The number of pyridine rings is 1. The second-order valence-corrected chi connectivity index (χ2v) is 6.22. The summed E-state index contributed by atoms with van der Waals surface area (Å²) in [6, 6.07) is 26.7. The highest BCUT2D eigenvalue weighted by atomic mass is 16.5. The smallest absolute Gasteiger partial charge is 0.227 e. The van der Waals surface area contributed by atoms with Crippen molar-refractivity contribution >= 4 is 10.9 Å². The zero-order valence-electron chi connectivity index (χ0n) is 14.4. The zero-order valence-corrected chi connectivity index (χ0v) is 14.4. The number of ether oxygens (including phenoxy) is 1. The molecule has 2 nitrogen and oxygen atoms in total. The van der Waals surface area contributed by atoms with Crippen LogP contribution in [0.15, 0.2) is 78.9 Å². The first kappa shape index (κ1) is 15.4. The molecule has 122 valence electrons. The third kappa shape index (κ3) is 2.99. The van der Waals surface area contributed by atoms with E-state index in [0.717, 1.165) is 38.9 Å². The third-order valence-corrected chi connectivity index (χ3v) is 4.38. The lowest BCUT2D eigenvalue weighted by molar-refractivity contribution is 0.460. The molecule has 1 heterocycles. The summed E-state index contributed by atoms with van der Waals surface area (Å²) in [7, 11) is 0. The number of aromatic nitrogens is 1. The van der Waals surface area contributed by atoms with Crippen LogP contribution in [-0.2, 0) is 0 Å². The molecular formula is C23H19NO. The van der Waals surface area contributed by atoms with E-state index in [9.17, 15) is 0 Å². The largest absolute Gasteiger partial charge is 0.438 e. The van der Waals surface area contributed by atoms with E-state index in [1.165, 1.54) is 0 Å². The number of para-hydroxylation sites is 2. The number of nitrogens with zero attached hydrogens (tertiary/aromatic N) is 1. The van der Waals surface area contributed by atoms with E-state index in [1.54, 1.807) is 0 Å². The Bertz CT molecular complexity index is 1020. The Labute approximate surface area is 147 Å².